The maximum Gasteiger partial charge on any atom is 0.343 e. The Morgan fingerprint density at radius 1 is 1.48 bits per heavy atom. The number of hydrogen-bond acceptors (Lipinski definition) is 6. The van der Waals surface area contributed by atoms with E-state index < -0.39 is 16.7 Å². The third-order valence-corrected chi connectivity index (χ3v) is 5.65. The highest BCUT2D eigenvalue weighted by atomic mass is 32.1. The number of ether oxygens (including phenoxy) is 2. The smallest absolute Gasteiger partial charge is 0.311 e. The van der Waals surface area contributed by atoms with Gasteiger partial charge in [0, 0.05) is 4.88 Å². The Balaban J connectivity index is 1.94. The number of amidine groups is 1. The quantitative estimate of drug-likeness (QED) is 0.721. The molecule has 0 aromatic carbocycles. The van der Waals surface area contributed by atoms with Crippen LogP contribution in [0.5, 0.6) is 0 Å². The Labute approximate surface area is 125 Å². The van der Waals surface area contributed by atoms with E-state index in [2.05, 4.69) is 17.1 Å². The van der Waals surface area contributed by atoms with E-state index in [9.17, 15) is 10.5 Å². The zero-order valence-corrected chi connectivity index (χ0v) is 12.1. The molecule has 4 rings (SSSR count). The topological polar surface area (TPSA) is 106 Å². The van der Waals surface area contributed by atoms with Crippen LogP contribution < -0.4 is 10.7 Å². The number of rotatable bonds is 1. The molecule has 3 aliphatic rings. The molecule has 0 radical (unpaired) electrons. The second-order valence-corrected chi connectivity index (χ2v) is 6.66. The van der Waals surface area contributed by atoms with Crippen molar-refractivity contribution in [1.82, 2.24) is 0 Å². The fraction of sp³-hybridized carbons (Fsp3) is 0.500. The van der Waals surface area contributed by atoms with Gasteiger partial charge in [0.2, 0.25) is 0 Å². The molecule has 6 nitrogen and oxygen atoms in total. The third-order valence-electron chi connectivity index (χ3n) is 4.72. The van der Waals surface area contributed by atoms with Crippen LogP contribution in [-0.2, 0) is 9.47 Å². The lowest BCUT2D eigenvalue weighted by atomic mass is 9.94. The van der Waals surface area contributed by atoms with Crippen molar-refractivity contribution >= 4 is 17.2 Å². The second-order valence-electron chi connectivity index (χ2n) is 5.68. The lowest BCUT2D eigenvalue weighted by Crippen LogP contribution is -2.90. The van der Waals surface area contributed by atoms with E-state index in [1.807, 2.05) is 24.4 Å². The first-order valence-electron chi connectivity index (χ1n) is 6.67. The average molecular weight is 301 g/mol. The van der Waals surface area contributed by atoms with Gasteiger partial charge < -0.3 is 9.47 Å². The molecule has 2 fully saturated rings. The van der Waals surface area contributed by atoms with Crippen molar-refractivity contribution in [2.75, 3.05) is 6.61 Å². The van der Waals surface area contributed by atoms with Gasteiger partial charge >= 0.3 is 5.91 Å². The van der Waals surface area contributed by atoms with Gasteiger partial charge in [0.15, 0.2) is 10.8 Å². The monoisotopic (exact) mass is 301 g/mol. The van der Waals surface area contributed by atoms with Gasteiger partial charge in [0.05, 0.1) is 30.8 Å². The predicted molar refractivity (Wildman–Crippen MR) is 72.5 cm³/mol. The lowest BCUT2D eigenvalue weighted by Gasteiger charge is -2.23. The fourth-order valence-electron chi connectivity index (χ4n) is 3.85. The third kappa shape index (κ3) is 1.10. The van der Waals surface area contributed by atoms with Crippen molar-refractivity contribution in [1.29, 1.82) is 10.5 Å². The molecule has 3 N–H and O–H groups in total. The molecule has 7 heteroatoms. The summed E-state index contributed by atoms with van der Waals surface area (Å²) in [7, 11) is 0. The number of nitrogens with one attached hydrogen (secondary N) is 1. The minimum Gasteiger partial charge on any atom is -0.311 e. The number of nitriles is 2. The molecule has 1 saturated carbocycles. The Morgan fingerprint density at radius 2 is 2.29 bits per heavy atom. The molecule has 5 atom stereocenters. The van der Waals surface area contributed by atoms with Gasteiger partial charge in [-0.05, 0) is 18.4 Å². The molecule has 1 spiro atoms. The summed E-state index contributed by atoms with van der Waals surface area (Å²) in [6.07, 6.45) is -0.158. The van der Waals surface area contributed by atoms with Gasteiger partial charge in [-0.25, -0.2) is 4.99 Å². The number of nitrogens with two attached hydrogens (primary N) is 1. The summed E-state index contributed by atoms with van der Waals surface area (Å²) in [6, 6.07) is 8.38. The van der Waals surface area contributed by atoms with Crippen LogP contribution >= 0.6 is 11.3 Å². The van der Waals surface area contributed by atoms with Gasteiger partial charge in [0.25, 0.3) is 5.84 Å². The van der Waals surface area contributed by atoms with Gasteiger partial charge in [0.1, 0.15) is 0 Å². The highest BCUT2D eigenvalue weighted by Gasteiger charge is 2.98. The fourth-order valence-corrected chi connectivity index (χ4v) is 4.81. The van der Waals surface area contributed by atoms with E-state index in [0.717, 1.165) is 4.88 Å². The number of thiophene rings is 1. The van der Waals surface area contributed by atoms with Crippen LogP contribution in [0, 0.1) is 33.5 Å². The first-order chi connectivity index (χ1) is 10.1. The molecule has 0 amide bonds. The van der Waals surface area contributed by atoms with Crippen LogP contribution in [0.15, 0.2) is 17.5 Å². The minimum atomic E-state index is -1.32. The summed E-state index contributed by atoms with van der Waals surface area (Å²) in [6.45, 7) is 2.23. The van der Waals surface area contributed by atoms with E-state index >= 15 is 0 Å². The van der Waals surface area contributed by atoms with Crippen molar-refractivity contribution in [3.8, 4) is 12.1 Å². The van der Waals surface area contributed by atoms with Crippen LogP contribution in [0.4, 0.5) is 0 Å². The zero-order chi connectivity index (χ0) is 14.9. The number of hydrogen-bond donors (Lipinski definition) is 2. The predicted octanol–water partition coefficient (Wildman–Crippen LogP) is -0.594. The highest BCUT2D eigenvalue weighted by Crippen LogP contribution is 2.79. The molecule has 0 bridgehead atoms. The largest absolute Gasteiger partial charge is 0.343 e. The molecule has 1 aromatic heterocycles. The maximum absolute atomic E-state index is 9.90. The van der Waals surface area contributed by atoms with Gasteiger partial charge in [-0.2, -0.15) is 10.5 Å². The standard InChI is InChI=1S/C14H12N4O2S/c1-8-5-19-14(20-8)13(7-16)10(9-3-2-4-21-9)12(13,6-15)11(17)18-14/h2-4,8,10H,5H2,1H3,(H2,17,18)/p+1/t8-,10-,12-,13-,14-/m1/s1. The van der Waals surface area contributed by atoms with Crippen LogP contribution in [-0.4, -0.2) is 24.5 Å². The minimum absolute atomic E-state index is 0.158. The van der Waals surface area contributed by atoms with E-state index in [4.69, 9.17) is 15.2 Å². The van der Waals surface area contributed by atoms with E-state index in [1.54, 1.807) is 0 Å². The normalized spacial score (nSPS) is 46.7. The SMILES string of the molecule is C[C@@H]1CO[C@@]2([NH+]=C(N)[C@@]3(C#N)[C@@H](c4cccs4)[C@@]23C#N)O1. The molecule has 21 heavy (non-hydrogen) atoms. The summed E-state index contributed by atoms with van der Waals surface area (Å²) in [5.74, 6) is -1.39. The second kappa shape index (κ2) is 3.63. The van der Waals surface area contributed by atoms with Gasteiger partial charge in [-0.15, -0.1) is 11.3 Å². The summed E-state index contributed by atoms with van der Waals surface area (Å²) in [5.41, 5.74) is 3.85. The zero-order valence-electron chi connectivity index (χ0n) is 11.3. The van der Waals surface area contributed by atoms with Crippen molar-refractivity contribution in [3.05, 3.63) is 22.4 Å². The summed E-state index contributed by atoms with van der Waals surface area (Å²) in [5, 5.41) is 21.6. The van der Waals surface area contributed by atoms with E-state index in [0.29, 0.717) is 6.61 Å². The molecule has 0 unspecified atom stereocenters. The Hall–Kier alpha value is -1.93. The van der Waals surface area contributed by atoms with Crippen molar-refractivity contribution in [2.45, 2.75) is 24.9 Å². The van der Waals surface area contributed by atoms with Gasteiger partial charge in [-0.1, -0.05) is 6.07 Å². The van der Waals surface area contributed by atoms with Crippen LogP contribution in [0.25, 0.3) is 0 Å². The maximum atomic E-state index is 9.90. The molecule has 1 saturated heterocycles. The van der Waals surface area contributed by atoms with Crippen molar-refractivity contribution in [2.24, 2.45) is 16.6 Å². The van der Waals surface area contributed by atoms with E-state index in [1.165, 1.54) is 11.3 Å². The van der Waals surface area contributed by atoms with Crippen LogP contribution in [0.2, 0.25) is 0 Å². The number of nitrogens with zero attached hydrogens (tertiary/aromatic N) is 2. The summed E-state index contributed by atoms with van der Waals surface area (Å²) in [4.78, 5) is 3.90. The van der Waals surface area contributed by atoms with Crippen LogP contribution in [0.1, 0.15) is 17.7 Å². The molecule has 106 valence electrons. The molecule has 1 aromatic rings. The molecular weight excluding hydrogens is 288 g/mol. The molecule has 1 aliphatic carbocycles. The Bertz CT molecular complexity index is 733. The Morgan fingerprint density at radius 3 is 2.81 bits per heavy atom. The van der Waals surface area contributed by atoms with Crippen LogP contribution in [0.3, 0.4) is 0 Å². The first-order valence-corrected chi connectivity index (χ1v) is 7.54. The molecule has 2 aliphatic heterocycles. The highest BCUT2D eigenvalue weighted by molar-refractivity contribution is 7.10. The molecular formula is C14H13N4O2S+. The summed E-state index contributed by atoms with van der Waals surface area (Å²) >= 11 is 1.51. The van der Waals surface area contributed by atoms with Gasteiger partial charge in [-0.3, -0.25) is 5.73 Å². The van der Waals surface area contributed by atoms with Crippen molar-refractivity contribution in [3.63, 3.8) is 0 Å². The Kier molecular flexibility index (Phi) is 2.21. The number of fused-ring (bicyclic) bond motifs is 2. The molecule has 3 heterocycles. The first kappa shape index (κ1) is 12.8. The van der Waals surface area contributed by atoms with E-state index in [-0.39, 0.29) is 17.9 Å². The summed E-state index contributed by atoms with van der Waals surface area (Å²) < 4.78 is 11.7. The average Bonchev–Trinajstić information content (AvgIpc) is 2.87. The lowest BCUT2D eigenvalue weighted by molar-refractivity contribution is -0.677. The van der Waals surface area contributed by atoms with Crippen molar-refractivity contribution < 1.29 is 14.5 Å².